The standard InChI is InChI=1S/C17H20BrFN2/c1-3-20-12-13-5-6-14(18)11-17(13)21(4-2)16-9-7-15(19)8-10-16/h5-11,20H,3-4,12H2,1-2H3. The lowest BCUT2D eigenvalue weighted by atomic mass is 10.1. The zero-order chi connectivity index (χ0) is 15.2. The largest absolute Gasteiger partial charge is 0.341 e. The van der Waals surface area contributed by atoms with E-state index in [-0.39, 0.29) is 5.82 Å². The van der Waals surface area contributed by atoms with Crippen molar-refractivity contribution in [2.24, 2.45) is 0 Å². The van der Waals surface area contributed by atoms with E-state index in [2.05, 4.69) is 58.2 Å². The highest BCUT2D eigenvalue weighted by molar-refractivity contribution is 9.10. The molecule has 0 amide bonds. The summed E-state index contributed by atoms with van der Waals surface area (Å²) in [5.41, 5.74) is 3.36. The molecule has 4 heteroatoms. The highest BCUT2D eigenvalue weighted by Gasteiger charge is 2.12. The van der Waals surface area contributed by atoms with Crippen LogP contribution < -0.4 is 10.2 Å². The molecule has 0 aliphatic carbocycles. The minimum Gasteiger partial charge on any atom is -0.341 e. The van der Waals surface area contributed by atoms with Crippen LogP contribution in [0.1, 0.15) is 19.4 Å². The number of benzene rings is 2. The predicted octanol–water partition coefficient (Wildman–Crippen LogP) is 4.86. The Labute approximate surface area is 134 Å². The van der Waals surface area contributed by atoms with Crippen molar-refractivity contribution in [1.82, 2.24) is 5.32 Å². The van der Waals surface area contributed by atoms with E-state index in [1.165, 1.54) is 17.7 Å². The molecule has 0 atom stereocenters. The molecule has 1 N–H and O–H groups in total. The third-order valence-electron chi connectivity index (χ3n) is 3.36. The quantitative estimate of drug-likeness (QED) is 0.800. The lowest BCUT2D eigenvalue weighted by Crippen LogP contribution is -2.20. The van der Waals surface area contributed by atoms with E-state index in [1.807, 2.05) is 12.1 Å². The summed E-state index contributed by atoms with van der Waals surface area (Å²) in [6.07, 6.45) is 0. The first-order valence-electron chi connectivity index (χ1n) is 7.18. The van der Waals surface area contributed by atoms with Crippen LogP contribution in [0.2, 0.25) is 0 Å². The molecule has 2 aromatic rings. The summed E-state index contributed by atoms with van der Waals surface area (Å²) in [7, 11) is 0. The SMILES string of the molecule is CCNCc1ccc(Br)cc1N(CC)c1ccc(F)cc1. The Morgan fingerprint density at radius 3 is 2.43 bits per heavy atom. The molecule has 21 heavy (non-hydrogen) atoms. The van der Waals surface area contributed by atoms with Crippen LogP contribution in [-0.2, 0) is 6.54 Å². The van der Waals surface area contributed by atoms with Gasteiger partial charge in [-0.3, -0.25) is 0 Å². The van der Waals surface area contributed by atoms with E-state index in [9.17, 15) is 4.39 Å². The fourth-order valence-corrected chi connectivity index (χ4v) is 2.66. The van der Waals surface area contributed by atoms with Gasteiger partial charge in [-0.2, -0.15) is 0 Å². The summed E-state index contributed by atoms with van der Waals surface area (Å²) in [4.78, 5) is 2.19. The second kappa shape index (κ2) is 7.57. The van der Waals surface area contributed by atoms with Crippen molar-refractivity contribution in [3.05, 3.63) is 58.3 Å². The van der Waals surface area contributed by atoms with E-state index >= 15 is 0 Å². The monoisotopic (exact) mass is 350 g/mol. The number of hydrogen-bond acceptors (Lipinski definition) is 2. The van der Waals surface area contributed by atoms with Gasteiger partial charge in [0.05, 0.1) is 0 Å². The zero-order valence-electron chi connectivity index (χ0n) is 12.4. The Bertz CT molecular complexity index is 584. The van der Waals surface area contributed by atoms with Crippen LogP contribution in [0.3, 0.4) is 0 Å². The summed E-state index contributed by atoms with van der Waals surface area (Å²) in [6.45, 7) is 6.76. The second-order valence-electron chi connectivity index (χ2n) is 4.77. The summed E-state index contributed by atoms with van der Waals surface area (Å²) < 4.78 is 14.2. The van der Waals surface area contributed by atoms with E-state index in [0.717, 1.165) is 35.5 Å². The molecule has 2 rings (SSSR count). The summed E-state index contributed by atoms with van der Waals surface area (Å²) in [5.74, 6) is -0.211. The molecule has 0 bridgehead atoms. The number of hydrogen-bond donors (Lipinski definition) is 1. The van der Waals surface area contributed by atoms with Crippen LogP contribution in [0.25, 0.3) is 0 Å². The van der Waals surface area contributed by atoms with Gasteiger partial charge in [0.15, 0.2) is 0 Å². The van der Waals surface area contributed by atoms with Crippen LogP contribution in [0.15, 0.2) is 46.9 Å². The van der Waals surface area contributed by atoms with E-state index in [1.54, 1.807) is 0 Å². The molecular weight excluding hydrogens is 331 g/mol. The Morgan fingerprint density at radius 1 is 1.10 bits per heavy atom. The van der Waals surface area contributed by atoms with E-state index in [4.69, 9.17) is 0 Å². The zero-order valence-corrected chi connectivity index (χ0v) is 14.0. The predicted molar refractivity (Wildman–Crippen MR) is 90.6 cm³/mol. The van der Waals surface area contributed by atoms with Gasteiger partial charge in [-0.05, 0) is 55.4 Å². The van der Waals surface area contributed by atoms with Crippen molar-refractivity contribution < 1.29 is 4.39 Å². The average molecular weight is 351 g/mol. The van der Waals surface area contributed by atoms with Crippen LogP contribution in [0.4, 0.5) is 15.8 Å². The van der Waals surface area contributed by atoms with Crippen molar-refractivity contribution in [2.45, 2.75) is 20.4 Å². The number of anilines is 2. The molecule has 112 valence electrons. The lowest BCUT2D eigenvalue weighted by Gasteiger charge is -2.26. The van der Waals surface area contributed by atoms with Crippen molar-refractivity contribution in [2.75, 3.05) is 18.0 Å². The van der Waals surface area contributed by atoms with Crippen LogP contribution in [-0.4, -0.2) is 13.1 Å². The van der Waals surface area contributed by atoms with Gasteiger partial charge in [0.1, 0.15) is 5.82 Å². The van der Waals surface area contributed by atoms with Crippen LogP contribution in [0.5, 0.6) is 0 Å². The lowest BCUT2D eigenvalue weighted by molar-refractivity contribution is 0.628. The Kier molecular flexibility index (Phi) is 5.76. The molecule has 2 aromatic carbocycles. The van der Waals surface area contributed by atoms with Gasteiger partial charge >= 0.3 is 0 Å². The molecule has 2 nitrogen and oxygen atoms in total. The minimum absolute atomic E-state index is 0.211. The van der Waals surface area contributed by atoms with Gasteiger partial charge in [0, 0.05) is 28.9 Å². The average Bonchev–Trinajstić information content (AvgIpc) is 2.49. The molecule has 0 saturated carbocycles. The topological polar surface area (TPSA) is 15.3 Å². The van der Waals surface area contributed by atoms with Crippen molar-refractivity contribution in [1.29, 1.82) is 0 Å². The van der Waals surface area contributed by atoms with Gasteiger partial charge in [-0.15, -0.1) is 0 Å². The van der Waals surface area contributed by atoms with E-state index in [0.29, 0.717) is 0 Å². The first-order chi connectivity index (χ1) is 10.2. The summed E-state index contributed by atoms with van der Waals surface area (Å²) in [5, 5.41) is 3.36. The van der Waals surface area contributed by atoms with Gasteiger partial charge in [0.25, 0.3) is 0 Å². The maximum absolute atomic E-state index is 13.1. The molecule has 0 heterocycles. The second-order valence-corrected chi connectivity index (χ2v) is 5.69. The first-order valence-corrected chi connectivity index (χ1v) is 7.97. The summed E-state index contributed by atoms with van der Waals surface area (Å²) >= 11 is 3.54. The van der Waals surface area contributed by atoms with Crippen LogP contribution in [0, 0.1) is 5.82 Å². The fraction of sp³-hybridized carbons (Fsp3) is 0.294. The van der Waals surface area contributed by atoms with E-state index < -0.39 is 0 Å². The van der Waals surface area contributed by atoms with Gasteiger partial charge in [-0.1, -0.05) is 28.9 Å². The molecular formula is C17H20BrFN2. The number of nitrogens with zero attached hydrogens (tertiary/aromatic N) is 1. The molecule has 0 aromatic heterocycles. The molecule has 0 radical (unpaired) electrons. The van der Waals surface area contributed by atoms with Gasteiger partial charge in [0.2, 0.25) is 0 Å². The van der Waals surface area contributed by atoms with Gasteiger partial charge in [-0.25, -0.2) is 4.39 Å². The minimum atomic E-state index is -0.211. The third-order valence-corrected chi connectivity index (χ3v) is 3.85. The summed E-state index contributed by atoms with van der Waals surface area (Å²) in [6, 6.07) is 12.9. The van der Waals surface area contributed by atoms with Crippen molar-refractivity contribution >= 4 is 27.3 Å². The van der Waals surface area contributed by atoms with Crippen LogP contribution >= 0.6 is 15.9 Å². The maximum Gasteiger partial charge on any atom is 0.123 e. The highest BCUT2D eigenvalue weighted by Crippen LogP contribution is 2.31. The Morgan fingerprint density at radius 2 is 1.81 bits per heavy atom. The number of halogens is 2. The first kappa shape index (κ1) is 16.0. The fourth-order valence-electron chi connectivity index (χ4n) is 2.31. The molecule has 0 unspecified atom stereocenters. The third kappa shape index (κ3) is 4.05. The van der Waals surface area contributed by atoms with Gasteiger partial charge < -0.3 is 10.2 Å². The Balaban J connectivity index is 2.40. The normalized spacial score (nSPS) is 10.7. The number of nitrogens with one attached hydrogen (secondary N) is 1. The maximum atomic E-state index is 13.1. The smallest absolute Gasteiger partial charge is 0.123 e. The Hall–Kier alpha value is -1.39. The van der Waals surface area contributed by atoms with Crippen molar-refractivity contribution in [3.8, 4) is 0 Å². The van der Waals surface area contributed by atoms with Crippen molar-refractivity contribution in [3.63, 3.8) is 0 Å². The molecule has 0 spiro atoms. The molecule has 0 saturated heterocycles. The molecule has 0 aliphatic heterocycles. The molecule has 0 fully saturated rings. The molecule has 0 aliphatic rings. The highest BCUT2D eigenvalue weighted by atomic mass is 79.9. The number of rotatable bonds is 6.